The van der Waals surface area contributed by atoms with Crippen LogP contribution in [-0.2, 0) is 73.6 Å². The van der Waals surface area contributed by atoms with Crippen LogP contribution in [0.2, 0.25) is 0 Å². The first kappa shape index (κ1) is 71.6. The number of halogens is 1. The molecule has 472 valence electrons. The SMILES string of the molecule is CCC(=O)C(CCCc1ccccc1)NC(=O)[C@@H](CC(=O)[C@H](CC(=O)O)NC(=O)[C@H](CO)CC(=O)[C@@H](NC(=O)[C@@](C)(CC(=O)[C@@H](NC(=O)CCC(=O)[C@H](C)NC)[C@@H](C)O)Cc1ccccc1F)[C@@H](C)O)Cc1ccc(-c2ccc(OC)cc2CC)cc1. The van der Waals surface area contributed by atoms with Crippen LogP contribution < -0.4 is 31.3 Å². The van der Waals surface area contributed by atoms with E-state index in [2.05, 4.69) is 26.6 Å². The number of amides is 4. The number of hydrogen-bond donors (Lipinski definition) is 9. The van der Waals surface area contributed by atoms with Crippen LogP contribution in [0.4, 0.5) is 4.39 Å². The normalized spacial score (nSPS) is 15.1. The topological polar surface area (TPSA) is 321 Å². The fourth-order valence-electron chi connectivity index (χ4n) is 10.2. The molecule has 9 N–H and O–H groups in total. The van der Waals surface area contributed by atoms with Crippen molar-refractivity contribution in [3.63, 3.8) is 0 Å². The molecule has 0 spiro atoms. The summed E-state index contributed by atoms with van der Waals surface area (Å²) < 4.78 is 20.7. The summed E-state index contributed by atoms with van der Waals surface area (Å²) in [6.07, 6.45) is -5.34. The molecule has 4 amide bonds. The number of aliphatic hydroxyl groups excluding tert-OH is 3. The van der Waals surface area contributed by atoms with Gasteiger partial charge in [-0.2, -0.15) is 0 Å². The number of likely N-dealkylation sites (N-methyl/N-ethyl adjacent to an activating group) is 1. The van der Waals surface area contributed by atoms with Gasteiger partial charge >= 0.3 is 5.97 Å². The lowest BCUT2D eigenvalue weighted by atomic mass is 9.76. The summed E-state index contributed by atoms with van der Waals surface area (Å²) in [5.41, 5.74) is 2.48. The van der Waals surface area contributed by atoms with E-state index in [4.69, 9.17) is 4.74 Å². The second kappa shape index (κ2) is 35.1. The molecular formula is C66H86FN5O15. The van der Waals surface area contributed by atoms with Crippen molar-refractivity contribution in [3.8, 4) is 16.9 Å². The Morgan fingerprint density at radius 2 is 1.25 bits per heavy atom. The molecule has 0 aliphatic carbocycles. The van der Waals surface area contributed by atoms with Crippen molar-refractivity contribution in [2.24, 2.45) is 17.3 Å². The Labute approximate surface area is 508 Å². The second-order valence-electron chi connectivity index (χ2n) is 22.5. The Balaban J connectivity index is 1.60. The van der Waals surface area contributed by atoms with Crippen molar-refractivity contribution < 1.29 is 77.5 Å². The molecule has 10 atom stereocenters. The fourth-order valence-corrected chi connectivity index (χ4v) is 10.2. The van der Waals surface area contributed by atoms with Crippen molar-refractivity contribution in [1.82, 2.24) is 26.6 Å². The number of aliphatic hydroxyl groups is 3. The maximum Gasteiger partial charge on any atom is 0.305 e. The van der Waals surface area contributed by atoms with Gasteiger partial charge in [0.05, 0.1) is 61.8 Å². The number of carbonyl (C=O) groups is 10. The van der Waals surface area contributed by atoms with Gasteiger partial charge in [0, 0.05) is 44.4 Å². The Bertz CT molecular complexity index is 3010. The summed E-state index contributed by atoms with van der Waals surface area (Å²) in [5, 5.41) is 55.1. The van der Waals surface area contributed by atoms with E-state index in [1.54, 1.807) is 40.1 Å². The van der Waals surface area contributed by atoms with Gasteiger partial charge in [-0.25, -0.2) is 4.39 Å². The number of hydrogen-bond acceptors (Lipinski definition) is 15. The lowest BCUT2D eigenvalue weighted by Gasteiger charge is -2.33. The number of aliphatic carboxylic acids is 1. The highest BCUT2D eigenvalue weighted by Crippen LogP contribution is 2.32. The number of rotatable bonds is 39. The van der Waals surface area contributed by atoms with Gasteiger partial charge in [-0.05, 0) is 118 Å². The first-order valence-corrected chi connectivity index (χ1v) is 29.5. The van der Waals surface area contributed by atoms with Crippen LogP contribution in [0.1, 0.15) is 122 Å². The van der Waals surface area contributed by atoms with Gasteiger partial charge in [0.15, 0.2) is 23.1 Å². The van der Waals surface area contributed by atoms with Crippen LogP contribution in [-0.4, -0.2) is 142 Å². The van der Waals surface area contributed by atoms with Crippen LogP contribution in [0.15, 0.2) is 97.1 Å². The summed E-state index contributed by atoms with van der Waals surface area (Å²) in [4.78, 5) is 137. The number of ketones is 5. The van der Waals surface area contributed by atoms with Gasteiger partial charge in [0.25, 0.3) is 0 Å². The summed E-state index contributed by atoms with van der Waals surface area (Å²) >= 11 is 0. The Morgan fingerprint density at radius 3 is 1.84 bits per heavy atom. The monoisotopic (exact) mass is 1210 g/mol. The zero-order valence-corrected chi connectivity index (χ0v) is 51.0. The molecule has 0 saturated heterocycles. The number of carboxylic acid groups (broad SMARTS) is 1. The van der Waals surface area contributed by atoms with Gasteiger partial charge in [-0.3, -0.25) is 47.9 Å². The van der Waals surface area contributed by atoms with Gasteiger partial charge in [-0.1, -0.05) is 99.6 Å². The fraction of sp³-hybridized carbons (Fsp3) is 0.485. The molecule has 1 unspecified atom stereocenters. The van der Waals surface area contributed by atoms with E-state index >= 15 is 4.39 Å². The molecule has 4 aromatic rings. The van der Waals surface area contributed by atoms with E-state index in [9.17, 15) is 68.4 Å². The Hall–Kier alpha value is -7.85. The van der Waals surface area contributed by atoms with E-state index in [-0.39, 0.29) is 49.2 Å². The van der Waals surface area contributed by atoms with Crippen LogP contribution in [0, 0.1) is 23.1 Å². The maximum absolute atomic E-state index is 15.3. The van der Waals surface area contributed by atoms with E-state index in [1.165, 1.54) is 32.0 Å². The maximum atomic E-state index is 15.3. The molecular weight excluding hydrogens is 1120 g/mol. The number of benzene rings is 4. The number of methoxy groups -OCH3 is 1. The molecule has 0 aliphatic heterocycles. The molecule has 0 heterocycles. The van der Waals surface area contributed by atoms with Gasteiger partial charge in [0.1, 0.15) is 29.4 Å². The molecule has 0 aliphatic rings. The highest BCUT2D eigenvalue weighted by Gasteiger charge is 2.43. The summed E-state index contributed by atoms with van der Waals surface area (Å²) in [6.45, 7) is 7.84. The summed E-state index contributed by atoms with van der Waals surface area (Å²) in [6, 6.07) is 21.2. The second-order valence-corrected chi connectivity index (χ2v) is 22.5. The molecule has 0 fully saturated rings. The lowest BCUT2D eigenvalue weighted by Crippen LogP contribution is -2.55. The van der Waals surface area contributed by atoms with Gasteiger partial charge in [0.2, 0.25) is 23.6 Å². The van der Waals surface area contributed by atoms with Crippen molar-refractivity contribution in [2.45, 2.75) is 167 Å². The quantitative estimate of drug-likeness (QED) is 0.0281. The average molecular weight is 1210 g/mol. The standard InChI is InChI=1S/C66H86FN5O15/c1-9-44-32-49(87-8)27-28-50(44)45-25-23-43(24-26-45)31-47(63(84)69-52(54(76)10-2)22-16-19-42-17-12-11-13-18-42)33-56(78)53(35-60(82)83)70-64(85)48(38-73)34-57(79)61(40(4)74)72-65(86)66(6,36-46-20-14-15-21-51(46)67)37-58(80)62(41(5)75)71-59(81)30-29-55(77)39(3)68-7/h11-15,17-18,20-21,23-28,32,39-41,47-48,52-53,61-62,68,73-75H,9-10,16,19,22,29-31,33-38H2,1-8H3,(H,69,84)(H,70,85)(H,71,81)(H,72,86)(H,82,83)/t39-,40+,41+,47+,48-,52?,53-,61-,62-,66+/m0/s1. The number of aryl methyl sites for hydroxylation is 2. The minimum Gasteiger partial charge on any atom is -0.497 e. The molecule has 0 saturated carbocycles. The highest BCUT2D eigenvalue weighted by atomic mass is 19.1. The number of ether oxygens (including phenoxy) is 1. The van der Waals surface area contributed by atoms with Crippen molar-refractivity contribution in [3.05, 3.63) is 125 Å². The molecule has 0 radical (unpaired) electrons. The Morgan fingerprint density at radius 1 is 0.644 bits per heavy atom. The Kier molecular flexibility index (Phi) is 28.9. The number of nitrogens with one attached hydrogen (secondary N) is 5. The van der Waals surface area contributed by atoms with Crippen molar-refractivity contribution in [1.29, 1.82) is 0 Å². The molecule has 4 rings (SSSR count). The minimum absolute atomic E-state index is 0.0395. The zero-order chi connectivity index (χ0) is 64.5. The van der Waals surface area contributed by atoms with Crippen molar-refractivity contribution >= 4 is 58.5 Å². The average Bonchev–Trinajstić information content (AvgIpc) is 3.70. The van der Waals surface area contributed by atoms with E-state index in [0.29, 0.717) is 30.6 Å². The third-order valence-electron chi connectivity index (χ3n) is 15.7. The lowest BCUT2D eigenvalue weighted by molar-refractivity contribution is -0.142. The largest absolute Gasteiger partial charge is 0.497 e. The zero-order valence-electron chi connectivity index (χ0n) is 51.0. The minimum atomic E-state index is -1.97. The number of carboxylic acids is 1. The van der Waals surface area contributed by atoms with Gasteiger partial charge < -0.3 is 51.7 Å². The third kappa shape index (κ3) is 22.1. The van der Waals surface area contributed by atoms with E-state index in [0.717, 1.165) is 35.2 Å². The molecule has 87 heavy (non-hydrogen) atoms. The number of Topliss-reactive ketones (excluding diaryl/α,β-unsaturated/α-hetero) is 5. The molecule has 0 bridgehead atoms. The molecule has 4 aromatic carbocycles. The van der Waals surface area contributed by atoms with Crippen LogP contribution >= 0.6 is 0 Å². The van der Waals surface area contributed by atoms with Crippen molar-refractivity contribution in [2.75, 3.05) is 20.8 Å². The smallest absolute Gasteiger partial charge is 0.305 e. The predicted octanol–water partition coefficient (Wildman–Crippen LogP) is 5.09. The van der Waals surface area contributed by atoms with Crippen LogP contribution in [0.25, 0.3) is 11.1 Å². The predicted molar refractivity (Wildman–Crippen MR) is 323 cm³/mol. The first-order chi connectivity index (χ1) is 41.3. The molecule has 20 nitrogen and oxygen atoms in total. The summed E-state index contributed by atoms with van der Waals surface area (Å²) in [7, 11) is 3.15. The first-order valence-electron chi connectivity index (χ1n) is 29.5. The highest BCUT2D eigenvalue weighted by molar-refractivity contribution is 5.99. The third-order valence-corrected chi connectivity index (χ3v) is 15.7. The summed E-state index contributed by atoms with van der Waals surface area (Å²) in [5.74, 6) is -11.5. The van der Waals surface area contributed by atoms with E-state index < -0.39 is 151 Å². The van der Waals surface area contributed by atoms with Crippen LogP contribution in [0.5, 0.6) is 5.75 Å². The molecule has 0 aromatic heterocycles. The van der Waals surface area contributed by atoms with E-state index in [1.807, 2.05) is 67.6 Å². The van der Waals surface area contributed by atoms with Gasteiger partial charge in [-0.15, -0.1) is 0 Å². The van der Waals surface area contributed by atoms with Crippen LogP contribution in [0.3, 0.4) is 0 Å². The number of carbonyl (C=O) groups excluding carboxylic acids is 9. The molecule has 21 heteroatoms.